The third kappa shape index (κ3) is 3.88. The zero-order chi connectivity index (χ0) is 17.2. The van der Waals surface area contributed by atoms with Crippen LogP contribution < -0.4 is 0 Å². The van der Waals surface area contributed by atoms with Crippen molar-refractivity contribution in [2.75, 3.05) is 0 Å². The van der Waals surface area contributed by atoms with Crippen LogP contribution in [0.15, 0.2) is 52.1 Å². The molecule has 124 valence electrons. The van der Waals surface area contributed by atoms with Crippen LogP contribution in [-0.2, 0) is 11.9 Å². The number of halogens is 4. The average Bonchev–Trinajstić information content (AvgIpc) is 3.02. The van der Waals surface area contributed by atoms with Gasteiger partial charge in [0, 0.05) is 11.8 Å². The van der Waals surface area contributed by atoms with Crippen molar-refractivity contribution < 1.29 is 17.7 Å². The van der Waals surface area contributed by atoms with E-state index in [1.807, 2.05) is 0 Å². The summed E-state index contributed by atoms with van der Waals surface area (Å²) in [5, 5.41) is 4.93. The van der Waals surface area contributed by atoms with Gasteiger partial charge in [0.15, 0.2) is 0 Å². The summed E-state index contributed by atoms with van der Waals surface area (Å²) >= 11 is 7.33. The second-order valence-corrected chi connectivity index (χ2v) is 6.04. The molecule has 0 saturated carbocycles. The Morgan fingerprint density at radius 2 is 1.88 bits per heavy atom. The Labute approximate surface area is 144 Å². The Hall–Kier alpha value is -2.06. The summed E-state index contributed by atoms with van der Waals surface area (Å²) in [5.74, 6) is 0.910. The molecule has 0 N–H and O–H groups in total. The number of hydrogen-bond donors (Lipinski definition) is 0. The molecule has 0 radical (unpaired) electrons. The number of pyridine rings is 1. The van der Waals surface area contributed by atoms with Crippen molar-refractivity contribution in [2.45, 2.75) is 17.0 Å². The Morgan fingerprint density at radius 1 is 1.12 bits per heavy atom. The minimum atomic E-state index is -4.38. The zero-order valence-electron chi connectivity index (χ0n) is 11.9. The summed E-state index contributed by atoms with van der Waals surface area (Å²) in [4.78, 5) is 8.29. The van der Waals surface area contributed by atoms with Gasteiger partial charge in [-0.15, -0.1) is 0 Å². The lowest BCUT2D eigenvalue weighted by atomic mass is 10.1. The van der Waals surface area contributed by atoms with Crippen LogP contribution in [0.2, 0.25) is 5.02 Å². The summed E-state index contributed by atoms with van der Waals surface area (Å²) in [5.41, 5.74) is -0.283. The minimum Gasteiger partial charge on any atom is -0.338 e. The summed E-state index contributed by atoms with van der Waals surface area (Å²) in [7, 11) is 0. The first-order chi connectivity index (χ1) is 11.4. The lowest BCUT2D eigenvalue weighted by Crippen LogP contribution is -2.04. The molecule has 0 aliphatic rings. The fraction of sp³-hybridized carbons (Fsp3) is 0.133. The van der Waals surface area contributed by atoms with E-state index in [0.29, 0.717) is 27.3 Å². The molecule has 24 heavy (non-hydrogen) atoms. The van der Waals surface area contributed by atoms with Crippen molar-refractivity contribution in [3.63, 3.8) is 0 Å². The number of nitrogens with zero attached hydrogens (tertiary/aromatic N) is 3. The molecule has 0 aliphatic heterocycles. The predicted molar refractivity (Wildman–Crippen MR) is 83.5 cm³/mol. The number of benzene rings is 1. The SMILES string of the molecule is FC(F)(F)c1ccc(-c2noc(CSc3ncccc3Cl)n2)cc1. The molecular weight excluding hydrogens is 363 g/mol. The summed E-state index contributed by atoms with van der Waals surface area (Å²) < 4.78 is 42.8. The van der Waals surface area contributed by atoms with E-state index in [4.69, 9.17) is 16.1 Å². The molecule has 2 heterocycles. The Bertz CT molecular complexity index is 836. The Morgan fingerprint density at radius 3 is 2.54 bits per heavy atom. The predicted octanol–water partition coefficient (Wildman–Crippen LogP) is 5.10. The van der Waals surface area contributed by atoms with Crippen LogP contribution >= 0.6 is 23.4 Å². The van der Waals surface area contributed by atoms with E-state index < -0.39 is 11.7 Å². The first-order valence-electron chi connectivity index (χ1n) is 6.67. The van der Waals surface area contributed by atoms with E-state index in [9.17, 15) is 13.2 Å². The third-order valence-electron chi connectivity index (χ3n) is 3.00. The van der Waals surface area contributed by atoms with Gasteiger partial charge in [0.25, 0.3) is 0 Å². The average molecular weight is 372 g/mol. The van der Waals surface area contributed by atoms with E-state index >= 15 is 0 Å². The van der Waals surface area contributed by atoms with Gasteiger partial charge in [0.05, 0.1) is 16.3 Å². The third-order valence-corrected chi connectivity index (χ3v) is 4.40. The smallest absolute Gasteiger partial charge is 0.338 e. The number of alkyl halides is 3. The summed E-state index contributed by atoms with van der Waals surface area (Å²) in [6.45, 7) is 0. The van der Waals surface area contributed by atoms with E-state index in [1.165, 1.54) is 23.9 Å². The van der Waals surface area contributed by atoms with Crippen LogP contribution in [-0.4, -0.2) is 15.1 Å². The van der Waals surface area contributed by atoms with E-state index in [2.05, 4.69) is 15.1 Å². The lowest BCUT2D eigenvalue weighted by Gasteiger charge is -2.05. The minimum absolute atomic E-state index is 0.228. The molecular formula is C15H9ClF3N3OS. The van der Waals surface area contributed by atoms with Crippen LogP contribution in [0.1, 0.15) is 11.5 Å². The van der Waals surface area contributed by atoms with Crippen LogP contribution in [0.5, 0.6) is 0 Å². The largest absolute Gasteiger partial charge is 0.416 e. The second-order valence-electron chi connectivity index (χ2n) is 4.67. The monoisotopic (exact) mass is 371 g/mol. The standard InChI is InChI=1S/C15H9ClF3N3OS/c16-11-2-1-7-20-14(11)24-8-12-21-13(22-23-12)9-3-5-10(6-4-9)15(17,18)19/h1-7H,8H2. The zero-order valence-corrected chi connectivity index (χ0v) is 13.5. The van der Waals surface area contributed by atoms with Gasteiger partial charge in [-0.3, -0.25) is 0 Å². The molecule has 0 amide bonds. The molecule has 2 aromatic heterocycles. The molecule has 3 aromatic rings. The van der Waals surface area contributed by atoms with Crippen molar-refractivity contribution in [3.05, 3.63) is 59.1 Å². The molecule has 9 heteroatoms. The Balaban J connectivity index is 1.70. The highest BCUT2D eigenvalue weighted by molar-refractivity contribution is 7.98. The van der Waals surface area contributed by atoms with Gasteiger partial charge in [-0.1, -0.05) is 40.7 Å². The topological polar surface area (TPSA) is 51.8 Å². The highest BCUT2D eigenvalue weighted by Gasteiger charge is 2.30. The van der Waals surface area contributed by atoms with Gasteiger partial charge in [-0.05, 0) is 24.3 Å². The van der Waals surface area contributed by atoms with Crippen molar-refractivity contribution in [1.29, 1.82) is 0 Å². The summed E-state index contributed by atoms with van der Waals surface area (Å²) in [6, 6.07) is 8.02. The maximum absolute atomic E-state index is 12.6. The van der Waals surface area contributed by atoms with Crippen molar-refractivity contribution in [2.24, 2.45) is 0 Å². The quantitative estimate of drug-likeness (QED) is 0.597. The molecule has 0 bridgehead atoms. The Kier molecular flexibility index (Phi) is 4.77. The molecule has 1 aromatic carbocycles. The molecule has 0 saturated heterocycles. The number of hydrogen-bond acceptors (Lipinski definition) is 5. The van der Waals surface area contributed by atoms with E-state index in [-0.39, 0.29) is 5.82 Å². The number of rotatable bonds is 4. The molecule has 0 spiro atoms. The molecule has 0 atom stereocenters. The highest BCUT2D eigenvalue weighted by Crippen LogP contribution is 2.31. The van der Waals surface area contributed by atoms with Gasteiger partial charge in [0.2, 0.25) is 11.7 Å². The number of thioether (sulfide) groups is 1. The van der Waals surface area contributed by atoms with E-state index in [0.717, 1.165) is 12.1 Å². The first kappa shape index (κ1) is 16.8. The molecule has 3 rings (SSSR count). The molecule has 0 unspecified atom stereocenters. The second kappa shape index (κ2) is 6.82. The molecule has 0 fully saturated rings. The van der Waals surface area contributed by atoms with Gasteiger partial charge >= 0.3 is 6.18 Å². The van der Waals surface area contributed by atoms with Crippen LogP contribution in [0.25, 0.3) is 11.4 Å². The lowest BCUT2D eigenvalue weighted by molar-refractivity contribution is -0.137. The number of aromatic nitrogens is 3. The van der Waals surface area contributed by atoms with Crippen LogP contribution in [0, 0.1) is 0 Å². The fourth-order valence-corrected chi connectivity index (χ4v) is 2.85. The van der Waals surface area contributed by atoms with Crippen molar-refractivity contribution in [3.8, 4) is 11.4 Å². The normalized spacial score (nSPS) is 11.7. The van der Waals surface area contributed by atoms with Crippen molar-refractivity contribution >= 4 is 23.4 Å². The highest BCUT2D eigenvalue weighted by atomic mass is 35.5. The van der Waals surface area contributed by atoms with Crippen molar-refractivity contribution in [1.82, 2.24) is 15.1 Å². The maximum Gasteiger partial charge on any atom is 0.416 e. The fourth-order valence-electron chi connectivity index (χ4n) is 1.85. The maximum atomic E-state index is 12.6. The van der Waals surface area contributed by atoms with Gasteiger partial charge in [-0.2, -0.15) is 18.2 Å². The van der Waals surface area contributed by atoms with Crippen LogP contribution in [0.4, 0.5) is 13.2 Å². The van der Waals surface area contributed by atoms with Gasteiger partial charge < -0.3 is 4.52 Å². The van der Waals surface area contributed by atoms with E-state index in [1.54, 1.807) is 18.3 Å². The van der Waals surface area contributed by atoms with Crippen LogP contribution in [0.3, 0.4) is 0 Å². The first-order valence-corrected chi connectivity index (χ1v) is 8.03. The molecule has 0 aliphatic carbocycles. The van der Waals surface area contributed by atoms with Gasteiger partial charge in [-0.25, -0.2) is 4.98 Å². The van der Waals surface area contributed by atoms with Gasteiger partial charge in [0.1, 0.15) is 5.03 Å². The summed E-state index contributed by atoms with van der Waals surface area (Å²) in [6.07, 6.45) is -2.75. The molecule has 4 nitrogen and oxygen atoms in total.